The van der Waals surface area contributed by atoms with E-state index in [4.69, 9.17) is 16.3 Å². The molecule has 0 saturated heterocycles. The highest BCUT2D eigenvalue weighted by molar-refractivity contribution is 6.31. The van der Waals surface area contributed by atoms with Crippen molar-refractivity contribution in [3.63, 3.8) is 0 Å². The number of fused-ring (bicyclic) bond motifs is 1. The number of hydrogen-bond donors (Lipinski definition) is 0. The van der Waals surface area contributed by atoms with Crippen molar-refractivity contribution < 1.29 is 4.74 Å². The van der Waals surface area contributed by atoms with Crippen LogP contribution in [0.2, 0.25) is 5.02 Å². The van der Waals surface area contributed by atoms with Crippen LogP contribution in [0.15, 0.2) is 18.2 Å². The van der Waals surface area contributed by atoms with Gasteiger partial charge in [0.05, 0.1) is 5.69 Å². The molecular weight excluding hydrogens is 174 g/mol. The number of halogens is 1. The van der Waals surface area contributed by atoms with E-state index in [9.17, 15) is 0 Å². The van der Waals surface area contributed by atoms with E-state index < -0.39 is 0 Å². The van der Waals surface area contributed by atoms with E-state index in [-0.39, 0.29) is 0 Å². The van der Waals surface area contributed by atoms with Gasteiger partial charge in [0.2, 0.25) is 0 Å². The molecule has 2 rings (SSSR count). The van der Waals surface area contributed by atoms with Gasteiger partial charge in [0, 0.05) is 11.6 Å². The number of rotatable bonds is 1. The van der Waals surface area contributed by atoms with E-state index in [1.54, 1.807) is 0 Å². The summed E-state index contributed by atoms with van der Waals surface area (Å²) < 4.78 is 5.42. The van der Waals surface area contributed by atoms with Gasteiger partial charge in [-0.25, -0.2) is 0 Å². The Morgan fingerprint density at radius 3 is 3.17 bits per heavy atom. The molecule has 64 valence electrons. The second-order valence-electron chi connectivity index (χ2n) is 2.74. The number of ether oxygens (including phenoxy) is 1. The molecule has 3 heteroatoms. The van der Waals surface area contributed by atoms with Gasteiger partial charge >= 0.3 is 0 Å². The molecular formula is C9H10ClNO. The maximum absolute atomic E-state index is 5.86. The summed E-state index contributed by atoms with van der Waals surface area (Å²) in [4.78, 5) is 2.14. The minimum absolute atomic E-state index is 0.645. The summed E-state index contributed by atoms with van der Waals surface area (Å²) in [5.74, 6) is 0.932. The third-order valence-electron chi connectivity index (χ3n) is 2.02. The van der Waals surface area contributed by atoms with E-state index in [1.807, 2.05) is 18.2 Å². The molecule has 0 amide bonds. The molecule has 0 aromatic heterocycles. The molecule has 1 aliphatic rings. The monoisotopic (exact) mass is 183 g/mol. The summed E-state index contributed by atoms with van der Waals surface area (Å²) in [5, 5.41) is 0.762. The topological polar surface area (TPSA) is 12.5 Å². The summed E-state index contributed by atoms with van der Waals surface area (Å²) in [7, 11) is 0. The predicted molar refractivity (Wildman–Crippen MR) is 50.0 cm³/mol. The van der Waals surface area contributed by atoms with Gasteiger partial charge in [-0.1, -0.05) is 11.6 Å². The quantitative estimate of drug-likeness (QED) is 0.664. The molecule has 0 spiro atoms. The smallest absolute Gasteiger partial charge is 0.161 e. The van der Waals surface area contributed by atoms with E-state index in [0.29, 0.717) is 6.73 Å². The van der Waals surface area contributed by atoms with Gasteiger partial charge in [-0.2, -0.15) is 0 Å². The van der Waals surface area contributed by atoms with Crippen LogP contribution in [-0.4, -0.2) is 13.3 Å². The number of nitrogens with zero attached hydrogens (tertiary/aromatic N) is 1. The highest BCUT2D eigenvalue weighted by atomic mass is 35.5. The Labute approximate surface area is 76.7 Å². The van der Waals surface area contributed by atoms with Crippen LogP contribution < -0.4 is 9.64 Å². The standard InChI is InChI=1S/C9H10ClNO/c1-2-11-6-12-9-4-3-7(10)5-8(9)11/h3-5H,2,6H2,1H3. The largest absolute Gasteiger partial charge is 0.471 e. The van der Waals surface area contributed by atoms with Gasteiger partial charge in [0.1, 0.15) is 5.75 Å². The maximum Gasteiger partial charge on any atom is 0.161 e. The second kappa shape index (κ2) is 2.87. The van der Waals surface area contributed by atoms with Gasteiger partial charge in [0.25, 0.3) is 0 Å². The van der Waals surface area contributed by atoms with E-state index in [2.05, 4.69) is 11.8 Å². The van der Waals surface area contributed by atoms with Crippen LogP contribution >= 0.6 is 11.6 Å². The first-order valence-corrected chi connectivity index (χ1v) is 4.36. The van der Waals surface area contributed by atoms with Crippen molar-refractivity contribution in [2.75, 3.05) is 18.2 Å². The highest BCUT2D eigenvalue weighted by Gasteiger charge is 2.18. The molecule has 12 heavy (non-hydrogen) atoms. The van der Waals surface area contributed by atoms with Crippen LogP contribution in [0.1, 0.15) is 6.92 Å². The molecule has 0 N–H and O–H groups in total. The summed E-state index contributed by atoms with van der Waals surface area (Å²) >= 11 is 5.86. The zero-order valence-corrected chi connectivity index (χ0v) is 7.64. The fourth-order valence-corrected chi connectivity index (χ4v) is 1.50. The first-order valence-electron chi connectivity index (χ1n) is 3.98. The lowest BCUT2D eigenvalue weighted by Crippen LogP contribution is -2.20. The van der Waals surface area contributed by atoms with Crippen molar-refractivity contribution in [1.29, 1.82) is 0 Å². The van der Waals surface area contributed by atoms with Crippen LogP contribution in [0.25, 0.3) is 0 Å². The van der Waals surface area contributed by atoms with Crippen molar-refractivity contribution in [3.05, 3.63) is 23.2 Å². The second-order valence-corrected chi connectivity index (χ2v) is 3.18. The fraction of sp³-hybridized carbons (Fsp3) is 0.333. The third-order valence-corrected chi connectivity index (χ3v) is 2.25. The highest BCUT2D eigenvalue weighted by Crippen LogP contribution is 2.35. The van der Waals surface area contributed by atoms with Crippen LogP contribution in [0.5, 0.6) is 5.75 Å². The normalized spacial score (nSPS) is 14.3. The molecule has 0 bridgehead atoms. The Hall–Kier alpha value is -0.890. The lowest BCUT2D eigenvalue weighted by atomic mass is 10.3. The molecule has 0 aliphatic carbocycles. The average Bonchev–Trinajstić information content (AvgIpc) is 2.46. The van der Waals surface area contributed by atoms with E-state index in [1.165, 1.54) is 0 Å². The Bertz CT molecular complexity index is 301. The maximum atomic E-state index is 5.86. The zero-order valence-electron chi connectivity index (χ0n) is 6.88. The lowest BCUT2D eigenvalue weighted by Gasteiger charge is -2.12. The summed E-state index contributed by atoms with van der Waals surface area (Å²) in [6.07, 6.45) is 0. The Balaban J connectivity index is 2.42. The number of anilines is 1. The van der Waals surface area contributed by atoms with E-state index in [0.717, 1.165) is 23.0 Å². The van der Waals surface area contributed by atoms with Gasteiger partial charge in [0.15, 0.2) is 6.73 Å². The number of hydrogen-bond acceptors (Lipinski definition) is 2. The molecule has 0 atom stereocenters. The molecule has 0 radical (unpaired) electrons. The fourth-order valence-electron chi connectivity index (χ4n) is 1.34. The number of benzene rings is 1. The summed E-state index contributed by atoms with van der Waals surface area (Å²) in [6, 6.07) is 5.69. The van der Waals surface area contributed by atoms with Crippen LogP contribution in [0.3, 0.4) is 0 Å². The van der Waals surface area contributed by atoms with Crippen molar-refractivity contribution in [2.24, 2.45) is 0 Å². The molecule has 1 aromatic rings. The Morgan fingerprint density at radius 2 is 2.42 bits per heavy atom. The van der Waals surface area contributed by atoms with E-state index >= 15 is 0 Å². The summed E-state index contributed by atoms with van der Waals surface area (Å²) in [6.45, 7) is 3.69. The third kappa shape index (κ3) is 1.12. The molecule has 1 heterocycles. The van der Waals surface area contributed by atoms with Crippen molar-refractivity contribution in [1.82, 2.24) is 0 Å². The first kappa shape index (κ1) is 7.74. The average molecular weight is 184 g/mol. The predicted octanol–water partition coefficient (Wildman–Crippen LogP) is 2.52. The molecule has 0 unspecified atom stereocenters. The summed E-state index contributed by atoms with van der Waals surface area (Å²) in [5.41, 5.74) is 1.10. The molecule has 0 fully saturated rings. The van der Waals surface area contributed by atoms with Gasteiger partial charge in [-0.3, -0.25) is 0 Å². The Morgan fingerprint density at radius 1 is 1.58 bits per heavy atom. The van der Waals surface area contributed by atoms with Crippen LogP contribution in [0.4, 0.5) is 5.69 Å². The molecule has 1 aromatic carbocycles. The van der Waals surface area contributed by atoms with Crippen molar-refractivity contribution >= 4 is 17.3 Å². The van der Waals surface area contributed by atoms with Crippen molar-refractivity contribution in [2.45, 2.75) is 6.92 Å². The Kier molecular flexibility index (Phi) is 1.85. The van der Waals surface area contributed by atoms with Crippen LogP contribution in [0, 0.1) is 0 Å². The molecule has 0 saturated carbocycles. The van der Waals surface area contributed by atoms with Crippen molar-refractivity contribution in [3.8, 4) is 5.75 Å². The van der Waals surface area contributed by atoms with Gasteiger partial charge < -0.3 is 9.64 Å². The minimum atomic E-state index is 0.645. The molecule has 1 aliphatic heterocycles. The first-order chi connectivity index (χ1) is 5.81. The SMILES string of the molecule is CCN1COc2ccc(Cl)cc21. The van der Waals surface area contributed by atoms with Gasteiger partial charge in [-0.15, -0.1) is 0 Å². The van der Waals surface area contributed by atoms with Crippen LogP contribution in [-0.2, 0) is 0 Å². The lowest BCUT2D eigenvalue weighted by molar-refractivity contribution is 0.348. The minimum Gasteiger partial charge on any atom is -0.471 e. The van der Waals surface area contributed by atoms with Gasteiger partial charge in [-0.05, 0) is 25.1 Å². The zero-order chi connectivity index (χ0) is 8.55. The molecule has 2 nitrogen and oxygen atoms in total.